The lowest BCUT2D eigenvalue weighted by atomic mass is 9.80. The Morgan fingerprint density at radius 3 is 1.83 bits per heavy atom. The molecule has 2 aromatic rings. The maximum absolute atomic E-state index is 13.6. The number of ketones is 2. The van der Waals surface area contributed by atoms with Gasteiger partial charge in [-0.3, -0.25) is 9.59 Å². The summed E-state index contributed by atoms with van der Waals surface area (Å²) in [6.07, 6.45) is -4.96. The van der Waals surface area contributed by atoms with E-state index in [0.29, 0.717) is 0 Å². The number of carbonyl (C=O) groups excluding carboxylic acids is 2. The molecule has 0 radical (unpaired) electrons. The molecule has 0 spiro atoms. The van der Waals surface area contributed by atoms with E-state index in [1.165, 1.54) is 49.6 Å². The molecule has 0 aliphatic heterocycles. The summed E-state index contributed by atoms with van der Waals surface area (Å²) in [5.41, 5.74) is -2.48. The highest BCUT2D eigenvalue weighted by molar-refractivity contribution is 6.41. The molecule has 0 aromatic heterocycles. The molecule has 0 bridgehead atoms. The van der Waals surface area contributed by atoms with Gasteiger partial charge in [0.25, 0.3) is 0 Å². The third kappa shape index (κ3) is 2.40. The number of ether oxygens (including phenoxy) is 1. The van der Waals surface area contributed by atoms with Crippen LogP contribution in [0.2, 0.25) is 0 Å². The molecule has 0 atom stereocenters. The molecule has 0 saturated heterocycles. The minimum atomic E-state index is -4.96. The third-order valence-electron chi connectivity index (χ3n) is 3.78. The van der Waals surface area contributed by atoms with Crippen molar-refractivity contribution in [3.05, 3.63) is 70.8 Å². The van der Waals surface area contributed by atoms with Gasteiger partial charge in [0.15, 0.2) is 11.6 Å². The van der Waals surface area contributed by atoms with E-state index in [4.69, 9.17) is 4.74 Å². The Morgan fingerprint density at radius 2 is 1.29 bits per heavy atom. The quantitative estimate of drug-likeness (QED) is 0.832. The predicted octanol–water partition coefficient (Wildman–Crippen LogP) is 4.09. The molecule has 0 unspecified atom stereocenters. The lowest BCUT2D eigenvalue weighted by Crippen LogP contribution is -2.30. The fraction of sp³-hybridized carbons (Fsp3) is 0.111. The fourth-order valence-corrected chi connectivity index (χ4v) is 2.75. The number of Topliss-reactive ketones (excluding diaryl/α,β-unsaturated/α-hetero) is 2. The number of para-hydroxylation sites is 1. The highest BCUT2D eigenvalue weighted by Gasteiger charge is 2.47. The molecule has 0 heterocycles. The summed E-state index contributed by atoms with van der Waals surface area (Å²) in [5, 5.41) is 0. The van der Waals surface area contributed by atoms with E-state index in [0.717, 1.165) is 0 Å². The standard InChI is InChI=1S/C18H11F3O3/c1-24-13-9-5-4-8-12(13)14-15(18(19,20)21)17(23)11-7-3-2-6-10(11)16(14)22/h2-9H,1H3. The highest BCUT2D eigenvalue weighted by Crippen LogP contribution is 2.42. The first kappa shape index (κ1) is 16.0. The second kappa shape index (κ2) is 5.63. The van der Waals surface area contributed by atoms with Gasteiger partial charge in [-0.1, -0.05) is 42.5 Å². The van der Waals surface area contributed by atoms with Crippen LogP contribution in [0.15, 0.2) is 54.1 Å². The van der Waals surface area contributed by atoms with Crippen LogP contribution in [0.4, 0.5) is 13.2 Å². The zero-order valence-electron chi connectivity index (χ0n) is 12.5. The summed E-state index contributed by atoms with van der Waals surface area (Å²) in [6, 6.07) is 11.3. The number of hydrogen-bond donors (Lipinski definition) is 0. The SMILES string of the molecule is COc1ccccc1C1=C(C(F)(F)F)C(=O)c2ccccc2C1=O. The van der Waals surface area contributed by atoms with E-state index in [1.54, 1.807) is 6.07 Å². The zero-order chi connectivity index (χ0) is 17.5. The van der Waals surface area contributed by atoms with Gasteiger partial charge in [-0.25, -0.2) is 0 Å². The topological polar surface area (TPSA) is 43.4 Å². The average Bonchev–Trinajstić information content (AvgIpc) is 2.56. The average molecular weight is 332 g/mol. The van der Waals surface area contributed by atoms with Crippen LogP contribution in [0.3, 0.4) is 0 Å². The Labute approximate surface area is 135 Å². The Kier molecular flexibility index (Phi) is 3.75. The molecule has 1 aliphatic rings. The molecule has 6 heteroatoms. The van der Waals surface area contributed by atoms with Crippen molar-refractivity contribution in [1.29, 1.82) is 0 Å². The van der Waals surface area contributed by atoms with Gasteiger partial charge in [0.05, 0.1) is 7.11 Å². The molecular weight excluding hydrogens is 321 g/mol. The minimum Gasteiger partial charge on any atom is -0.496 e. The van der Waals surface area contributed by atoms with Crippen LogP contribution in [0.25, 0.3) is 5.57 Å². The Hall–Kier alpha value is -2.89. The second-order valence-corrected chi connectivity index (χ2v) is 5.15. The lowest BCUT2D eigenvalue weighted by molar-refractivity contribution is -0.0883. The molecule has 122 valence electrons. The second-order valence-electron chi connectivity index (χ2n) is 5.15. The molecule has 3 nitrogen and oxygen atoms in total. The number of allylic oxidation sites excluding steroid dienone is 2. The van der Waals surface area contributed by atoms with Crippen molar-refractivity contribution >= 4 is 17.1 Å². The van der Waals surface area contributed by atoms with Gasteiger partial charge in [-0.2, -0.15) is 13.2 Å². The van der Waals surface area contributed by atoms with Crippen LogP contribution < -0.4 is 4.74 Å². The molecule has 0 N–H and O–H groups in total. The summed E-state index contributed by atoms with van der Waals surface area (Å²) in [6.45, 7) is 0. The summed E-state index contributed by atoms with van der Waals surface area (Å²) < 4.78 is 45.7. The number of methoxy groups -OCH3 is 1. The molecule has 3 rings (SSSR count). The van der Waals surface area contributed by atoms with E-state index < -0.39 is 28.9 Å². The molecule has 0 saturated carbocycles. The van der Waals surface area contributed by atoms with Gasteiger partial charge in [-0.05, 0) is 6.07 Å². The van der Waals surface area contributed by atoms with Crippen molar-refractivity contribution in [2.24, 2.45) is 0 Å². The van der Waals surface area contributed by atoms with Crippen molar-refractivity contribution in [1.82, 2.24) is 0 Å². The van der Waals surface area contributed by atoms with Gasteiger partial charge < -0.3 is 4.74 Å². The monoisotopic (exact) mass is 332 g/mol. The molecule has 0 fully saturated rings. The smallest absolute Gasteiger partial charge is 0.420 e. The van der Waals surface area contributed by atoms with Crippen LogP contribution in [0.5, 0.6) is 5.75 Å². The van der Waals surface area contributed by atoms with Crippen molar-refractivity contribution in [2.75, 3.05) is 7.11 Å². The van der Waals surface area contributed by atoms with Gasteiger partial charge in [0.2, 0.25) is 0 Å². The van der Waals surface area contributed by atoms with E-state index in [9.17, 15) is 22.8 Å². The number of fused-ring (bicyclic) bond motifs is 1. The normalized spacial score (nSPS) is 14.7. The number of rotatable bonds is 2. The molecule has 24 heavy (non-hydrogen) atoms. The number of alkyl halides is 3. The van der Waals surface area contributed by atoms with E-state index in [2.05, 4.69) is 0 Å². The van der Waals surface area contributed by atoms with Crippen molar-refractivity contribution in [3.8, 4) is 5.75 Å². The van der Waals surface area contributed by atoms with E-state index in [-0.39, 0.29) is 22.4 Å². The first-order valence-electron chi connectivity index (χ1n) is 6.99. The fourth-order valence-electron chi connectivity index (χ4n) is 2.75. The van der Waals surface area contributed by atoms with Crippen LogP contribution in [0, 0.1) is 0 Å². The van der Waals surface area contributed by atoms with Crippen molar-refractivity contribution in [2.45, 2.75) is 6.18 Å². The van der Waals surface area contributed by atoms with Crippen LogP contribution in [-0.4, -0.2) is 24.9 Å². The molecular formula is C18H11F3O3. The van der Waals surface area contributed by atoms with Gasteiger partial charge in [0, 0.05) is 22.3 Å². The highest BCUT2D eigenvalue weighted by atomic mass is 19.4. The van der Waals surface area contributed by atoms with Gasteiger partial charge in [0.1, 0.15) is 11.3 Å². The summed E-state index contributed by atoms with van der Waals surface area (Å²) >= 11 is 0. The van der Waals surface area contributed by atoms with Crippen molar-refractivity contribution in [3.63, 3.8) is 0 Å². The maximum atomic E-state index is 13.6. The Balaban J connectivity index is 2.38. The molecule has 2 aromatic carbocycles. The third-order valence-corrected chi connectivity index (χ3v) is 3.78. The van der Waals surface area contributed by atoms with E-state index >= 15 is 0 Å². The number of hydrogen-bond acceptors (Lipinski definition) is 3. The first-order chi connectivity index (χ1) is 11.4. The number of carbonyl (C=O) groups is 2. The largest absolute Gasteiger partial charge is 0.496 e. The van der Waals surface area contributed by atoms with Crippen LogP contribution >= 0.6 is 0 Å². The number of benzene rings is 2. The Bertz CT molecular complexity index is 879. The van der Waals surface area contributed by atoms with Crippen LogP contribution in [0.1, 0.15) is 26.3 Å². The Morgan fingerprint density at radius 1 is 0.792 bits per heavy atom. The molecule has 0 amide bonds. The number of halogens is 3. The lowest BCUT2D eigenvalue weighted by Gasteiger charge is -2.23. The zero-order valence-corrected chi connectivity index (χ0v) is 12.5. The summed E-state index contributed by atoms with van der Waals surface area (Å²) in [4.78, 5) is 25.1. The van der Waals surface area contributed by atoms with Crippen molar-refractivity contribution < 1.29 is 27.5 Å². The summed E-state index contributed by atoms with van der Waals surface area (Å²) in [5.74, 6) is -1.96. The minimum absolute atomic E-state index is 0.0450. The van der Waals surface area contributed by atoms with Gasteiger partial charge >= 0.3 is 6.18 Å². The van der Waals surface area contributed by atoms with Gasteiger partial charge in [-0.15, -0.1) is 0 Å². The maximum Gasteiger partial charge on any atom is 0.420 e. The predicted molar refractivity (Wildman–Crippen MR) is 81.1 cm³/mol. The van der Waals surface area contributed by atoms with Crippen LogP contribution in [-0.2, 0) is 0 Å². The molecule has 1 aliphatic carbocycles. The first-order valence-corrected chi connectivity index (χ1v) is 6.99. The van der Waals surface area contributed by atoms with E-state index in [1.807, 2.05) is 0 Å². The summed E-state index contributed by atoms with van der Waals surface area (Å²) in [7, 11) is 1.29.